The number of pyridine rings is 2. The topological polar surface area (TPSA) is 41.0 Å². The van der Waals surface area contributed by atoms with Crippen LogP contribution in [0.25, 0.3) is 9.69 Å². The first kappa shape index (κ1) is 17.8. The number of hydrogen-bond acceptors (Lipinski definition) is 4. The quantitative estimate of drug-likeness (QED) is 0.469. The summed E-state index contributed by atoms with van der Waals surface area (Å²) < 4.78 is 26.7. The maximum Gasteiger partial charge on any atom is 0.393 e. The standard InChI is InChI=1S/C14H8BF2N6.Ir/c1-18-11-5-13(20-7-9(11)16)22-3-4-23(15-22)14-6-12(19-2)10(17)8-21-14;/h5-8H,3-4H2;. The summed E-state index contributed by atoms with van der Waals surface area (Å²) in [4.78, 5) is 17.6. The Balaban J connectivity index is 0.00000208. The summed E-state index contributed by atoms with van der Waals surface area (Å²) >= 11 is 0. The maximum atomic E-state index is 13.3. The second kappa shape index (κ2) is 7.35. The van der Waals surface area contributed by atoms with E-state index in [9.17, 15) is 8.78 Å². The minimum Gasteiger partial charge on any atom is -0.383 e. The molecule has 0 spiro atoms. The van der Waals surface area contributed by atoms with Gasteiger partial charge in [-0.3, -0.25) is 0 Å². The van der Waals surface area contributed by atoms with Gasteiger partial charge in [-0.25, -0.2) is 28.4 Å². The third kappa shape index (κ3) is 3.35. The fourth-order valence-corrected chi connectivity index (χ4v) is 2.17. The molecule has 0 saturated carbocycles. The van der Waals surface area contributed by atoms with Crippen LogP contribution >= 0.6 is 0 Å². The van der Waals surface area contributed by atoms with Gasteiger partial charge in [-0.1, -0.05) is 0 Å². The average molecular weight is 501 g/mol. The molecule has 1 fully saturated rings. The first-order valence-electron chi connectivity index (χ1n) is 6.56. The van der Waals surface area contributed by atoms with Crippen molar-refractivity contribution in [2.75, 3.05) is 22.7 Å². The van der Waals surface area contributed by atoms with Crippen LogP contribution in [-0.4, -0.2) is 30.6 Å². The molecule has 2 aromatic heterocycles. The third-order valence-electron chi connectivity index (χ3n) is 3.33. The number of halogens is 2. The maximum absolute atomic E-state index is 13.3. The molecule has 0 N–H and O–H groups in total. The van der Waals surface area contributed by atoms with Crippen LogP contribution in [0.2, 0.25) is 0 Å². The Morgan fingerprint density at radius 1 is 0.917 bits per heavy atom. The monoisotopic (exact) mass is 502 g/mol. The van der Waals surface area contributed by atoms with E-state index in [1.165, 1.54) is 12.1 Å². The molecular formula is C14H8BF2IrN6. The second-order valence-corrected chi connectivity index (χ2v) is 4.71. The molecule has 0 bridgehead atoms. The van der Waals surface area contributed by atoms with Crippen LogP contribution in [0.15, 0.2) is 24.5 Å². The van der Waals surface area contributed by atoms with E-state index in [-0.39, 0.29) is 31.5 Å². The fraction of sp³-hybridized carbons (Fsp3) is 0.143. The van der Waals surface area contributed by atoms with Gasteiger partial charge in [0, 0.05) is 33.2 Å². The summed E-state index contributed by atoms with van der Waals surface area (Å²) in [6.45, 7) is 15.0. The number of nitrogens with zero attached hydrogens (tertiary/aromatic N) is 6. The van der Waals surface area contributed by atoms with Gasteiger partial charge in [-0.05, 0) is 12.1 Å². The van der Waals surface area contributed by atoms with Gasteiger partial charge in [0.05, 0.1) is 25.5 Å². The van der Waals surface area contributed by atoms with Crippen molar-refractivity contribution in [2.24, 2.45) is 0 Å². The zero-order valence-corrected chi connectivity index (χ0v) is 14.5. The Labute approximate surface area is 151 Å². The van der Waals surface area contributed by atoms with Crippen LogP contribution in [0.1, 0.15) is 0 Å². The molecule has 1 saturated heterocycles. The van der Waals surface area contributed by atoms with E-state index in [0.29, 0.717) is 24.7 Å². The van der Waals surface area contributed by atoms with Gasteiger partial charge < -0.3 is 9.62 Å². The molecule has 0 aliphatic carbocycles. The molecule has 1 aliphatic rings. The molecule has 1 aliphatic heterocycles. The van der Waals surface area contributed by atoms with Crippen LogP contribution in [0, 0.1) is 24.8 Å². The van der Waals surface area contributed by atoms with Crippen molar-refractivity contribution in [2.45, 2.75) is 0 Å². The molecule has 0 unspecified atom stereocenters. The summed E-state index contributed by atoms with van der Waals surface area (Å²) in [5, 5.41) is 0. The Hall–Kier alpha value is -2.55. The van der Waals surface area contributed by atoms with Crippen LogP contribution < -0.4 is 9.62 Å². The van der Waals surface area contributed by atoms with E-state index in [2.05, 4.69) is 19.7 Å². The Kier molecular flexibility index (Phi) is 5.45. The minimum atomic E-state index is -0.665. The molecule has 24 heavy (non-hydrogen) atoms. The zero-order valence-electron chi connectivity index (χ0n) is 12.1. The van der Waals surface area contributed by atoms with E-state index in [1.54, 1.807) is 17.2 Å². The molecule has 6 nitrogen and oxygen atoms in total. The van der Waals surface area contributed by atoms with Crippen molar-refractivity contribution in [1.29, 1.82) is 0 Å². The molecule has 10 heteroatoms. The summed E-state index contributed by atoms with van der Waals surface area (Å²) in [7, 11) is 1.68. The zero-order chi connectivity index (χ0) is 16.4. The number of anilines is 2. The Morgan fingerprint density at radius 3 is 1.71 bits per heavy atom. The molecule has 2 radical (unpaired) electrons. The number of rotatable bonds is 2. The van der Waals surface area contributed by atoms with E-state index >= 15 is 0 Å². The van der Waals surface area contributed by atoms with Gasteiger partial charge in [0.1, 0.15) is 23.3 Å². The van der Waals surface area contributed by atoms with Gasteiger partial charge in [-0.2, -0.15) is 0 Å². The molecule has 120 valence electrons. The average Bonchev–Trinajstić information content (AvgIpc) is 3.05. The predicted octanol–water partition coefficient (Wildman–Crippen LogP) is 2.71. The van der Waals surface area contributed by atoms with E-state index in [4.69, 9.17) is 13.1 Å². The number of hydrogen-bond donors (Lipinski definition) is 0. The van der Waals surface area contributed by atoms with Crippen molar-refractivity contribution < 1.29 is 28.9 Å². The summed E-state index contributed by atoms with van der Waals surface area (Å²) in [6.07, 6.45) is 2.01. The predicted molar refractivity (Wildman–Crippen MR) is 81.4 cm³/mol. The summed E-state index contributed by atoms with van der Waals surface area (Å²) in [6, 6.07) is 2.73. The van der Waals surface area contributed by atoms with Crippen LogP contribution in [0.5, 0.6) is 0 Å². The molecule has 3 rings (SSSR count). The van der Waals surface area contributed by atoms with E-state index < -0.39 is 11.6 Å². The Morgan fingerprint density at radius 2 is 1.33 bits per heavy atom. The summed E-state index contributed by atoms with van der Waals surface area (Å²) in [5.41, 5.74) is -0.200. The normalized spacial score (nSPS) is 12.8. The van der Waals surface area contributed by atoms with Gasteiger partial charge in [0.25, 0.3) is 0 Å². The number of aromatic nitrogens is 2. The van der Waals surface area contributed by atoms with Crippen molar-refractivity contribution >= 4 is 30.6 Å². The Bertz CT molecular complexity index is 781. The van der Waals surface area contributed by atoms with Gasteiger partial charge in [0.2, 0.25) is 11.4 Å². The van der Waals surface area contributed by atoms with Crippen molar-refractivity contribution in [3.8, 4) is 0 Å². The summed E-state index contributed by atoms with van der Waals surface area (Å²) in [5.74, 6) is -0.455. The van der Waals surface area contributed by atoms with Crippen LogP contribution in [-0.2, 0) is 20.1 Å². The third-order valence-corrected chi connectivity index (χ3v) is 3.33. The molecular weight excluding hydrogens is 493 g/mol. The SMILES string of the molecule is [C-]#[N+]c1cc(N2[B]N(c3cc([N+]#[C-])c(F)cn3)CC2)ncc1F.[Ir]. The molecule has 0 aromatic carbocycles. The first-order chi connectivity index (χ1) is 11.1. The second-order valence-electron chi connectivity index (χ2n) is 4.71. The van der Waals surface area contributed by atoms with Gasteiger partial charge >= 0.3 is 7.55 Å². The van der Waals surface area contributed by atoms with Crippen molar-refractivity contribution in [3.63, 3.8) is 0 Å². The molecule has 3 heterocycles. The fourth-order valence-electron chi connectivity index (χ4n) is 2.17. The van der Waals surface area contributed by atoms with Crippen molar-refractivity contribution in [3.05, 3.63) is 59.0 Å². The molecule has 2 aromatic rings. The largest absolute Gasteiger partial charge is 0.393 e. The first-order valence-corrected chi connectivity index (χ1v) is 6.56. The van der Waals surface area contributed by atoms with Crippen LogP contribution in [0.3, 0.4) is 0 Å². The smallest absolute Gasteiger partial charge is 0.383 e. The van der Waals surface area contributed by atoms with Crippen LogP contribution in [0.4, 0.5) is 31.8 Å². The van der Waals surface area contributed by atoms with E-state index in [1.807, 2.05) is 0 Å². The van der Waals surface area contributed by atoms with Gasteiger partial charge in [-0.15, -0.1) is 0 Å². The van der Waals surface area contributed by atoms with Crippen molar-refractivity contribution in [1.82, 2.24) is 9.97 Å². The minimum absolute atomic E-state index is 0. The van der Waals surface area contributed by atoms with Gasteiger partial charge in [0.15, 0.2) is 0 Å². The molecule has 0 atom stereocenters. The van der Waals surface area contributed by atoms with E-state index in [0.717, 1.165) is 12.4 Å². The molecule has 0 amide bonds.